The highest BCUT2D eigenvalue weighted by Crippen LogP contribution is 2.32. The van der Waals surface area contributed by atoms with Crippen molar-refractivity contribution in [3.63, 3.8) is 0 Å². The molecular weight excluding hydrogens is 404 g/mol. The van der Waals surface area contributed by atoms with Gasteiger partial charge in [-0.2, -0.15) is 0 Å². The normalized spacial score (nSPS) is 11.8. The van der Waals surface area contributed by atoms with E-state index >= 15 is 0 Å². The van der Waals surface area contributed by atoms with Gasteiger partial charge in [0.05, 0.1) is 21.0 Å². The fourth-order valence-corrected chi connectivity index (χ4v) is 3.75. The van der Waals surface area contributed by atoms with Gasteiger partial charge in [-0.25, -0.2) is 0 Å². The average Bonchev–Trinajstić information content (AvgIpc) is 3.41. The molecule has 0 saturated heterocycles. The van der Waals surface area contributed by atoms with Crippen LogP contribution in [0.25, 0.3) is 0 Å². The van der Waals surface area contributed by atoms with Gasteiger partial charge in [0.2, 0.25) is 6.79 Å². The summed E-state index contributed by atoms with van der Waals surface area (Å²) in [7, 11) is 0. The number of fused-ring (bicyclic) bond motifs is 1. The predicted molar refractivity (Wildman–Crippen MR) is 112 cm³/mol. The first-order valence-electron chi connectivity index (χ1n) is 9.19. The molecule has 4 rings (SSSR count). The summed E-state index contributed by atoms with van der Waals surface area (Å²) in [4.78, 5) is 37.6. The Labute approximate surface area is 176 Å². The Hall–Kier alpha value is -3.65. The number of anilines is 1. The third-order valence-electron chi connectivity index (χ3n) is 4.49. The number of hydrogen-bond donors (Lipinski definition) is 2. The van der Waals surface area contributed by atoms with Crippen LogP contribution >= 0.6 is 11.3 Å². The van der Waals surface area contributed by atoms with Gasteiger partial charge in [0, 0.05) is 6.54 Å². The zero-order valence-electron chi connectivity index (χ0n) is 16.1. The van der Waals surface area contributed by atoms with Crippen molar-refractivity contribution in [1.82, 2.24) is 5.32 Å². The lowest BCUT2D eigenvalue weighted by Crippen LogP contribution is -2.24. The molecule has 3 aromatic rings. The minimum atomic E-state index is -0.372. The summed E-state index contributed by atoms with van der Waals surface area (Å²) in [5.74, 6) is 0.542. The highest BCUT2D eigenvalue weighted by atomic mass is 32.1. The van der Waals surface area contributed by atoms with Gasteiger partial charge in [-0.1, -0.05) is 18.2 Å². The molecule has 2 heterocycles. The van der Waals surface area contributed by atoms with Gasteiger partial charge < -0.3 is 20.1 Å². The number of nitrogens with one attached hydrogen (secondary N) is 2. The fraction of sp³-hybridized carbons (Fsp3) is 0.136. The molecule has 0 fully saturated rings. The van der Waals surface area contributed by atoms with Crippen LogP contribution in [0, 0.1) is 0 Å². The number of thiophene rings is 1. The number of carbonyl (C=O) groups is 3. The molecule has 0 aliphatic carbocycles. The number of ether oxygens (including phenoxy) is 2. The van der Waals surface area contributed by atoms with E-state index in [2.05, 4.69) is 10.6 Å². The molecule has 0 radical (unpaired) electrons. The highest BCUT2D eigenvalue weighted by Gasteiger charge is 2.17. The standard InChI is InChI=1S/C22H18N2O5S/c1-13(25)19-8-9-20(30-19)22(27)24-16-5-3-2-4-15(16)21(26)23-11-14-6-7-17-18(10-14)29-12-28-17/h2-10H,11-12H2,1H3,(H,23,26)(H,24,27). The van der Waals surface area contributed by atoms with E-state index < -0.39 is 0 Å². The number of hydrogen-bond acceptors (Lipinski definition) is 6. The van der Waals surface area contributed by atoms with Crippen LogP contribution in [-0.4, -0.2) is 24.4 Å². The van der Waals surface area contributed by atoms with Crippen molar-refractivity contribution in [2.75, 3.05) is 12.1 Å². The van der Waals surface area contributed by atoms with Gasteiger partial charge in [0.25, 0.3) is 11.8 Å². The predicted octanol–water partition coefficient (Wildman–Crippen LogP) is 3.86. The van der Waals surface area contributed by atoms with Crippen molar-refractivity contribution in [1.29, 1.82) is 0 Å². The van der Waals surface area contributed by atoms with E-state index in [0.717, 1.165) is 16.9 Å². The number of rotatable bonds is 6. The maximum atomic E-state index is 12.7. The zero-order valence-corrected chi connectivity index (χ0v) is 16.9. The first-order valence-corrected chi connectivity index (χ1v) is 10.0. The molecule has 2 aromatic carbocycles. The number of para-hydroxylation sites is 1. The number of carbonyl (C=O) groups excluding carboxylic acids is 3. The molecule has 0 spiro atoms. The Bertz CT molecular complexity index is 1140. The Balaban J connectivity index is 1.44. The SMILES string of the molecule is CC(=O)c1ccc(C(=O)Nc2ccccc2C(=O)NCc2ccc3c(c2)OCO3)s1. The maximum Gasteiger partial charge on any atom is 0.265 e. The Morgan fingerprint density at radius 2 is 1.70 bits per heavy atom. The number of amides is 2. The molecule has 0 bridgehead atoms. The molecule has 30 heavy (non-hydrogen) atoms. The van der Waals surface area contributed by atoms with E-state index in [4.69, 9.17) is 9.47 Å². The van der Waals surface area contributed by atoms with Crippen LogP contribution in [0.5, 0.6) is 11.5 Å². The van der Waals surface area contributed by atoms with E-state index in [1.54, 1.807) is 42.5 Å². The summed E-state index contributed by atoms with van der Waals surface area (Å²) in [6.45, 7) is 1.94. The van der Waals surface area contributed by atoms with Gasteiger partial charge in [0.1, 0.15) is 0 Å². The molecule has 0 unspecified atom stereocenters. The van der Waals surface area contributed by atoms with Crippen LogP contribution in [0.1, 0.15) is 42.2 Å². The van der Waals surface area contributed by atoms with Crippen LogP contribution in [0.15, 0.2) is 54.6 Å². The second-order valence-electron chi connectivity index (χ2n) is 6.59. The Morgan fingerprint density at radius 3 is 2.50 bits per heavy atom. The summed E-state index contributed by atoms with van der Waals surface area (Å²) in [5.41, 5.74) is 1.60. The topological polar surface area (TPSA) is 93.7 Å². The first-order chi connectivity index (χ1) is 14.5. The van der Waals surface area contributed by atoms with Crippen molar-refractivity contribution in [2.45, 2.75) is 13.5 Å². The first kappa shape index (κ1) is 19.7. The molecule has 152 valence electrons. The summed E-state index contributed by atoms with van der Waals surface area (Å²) >= 11 is 1.12. The smallest absolute Gasteiger partial charge is 0.265 e. The minimum absolute atomic E-state index is 0.0951. The van der Waals surface area contributed by atoms with Gasteiger partial charge in [0.15, 0.2) is 17.3 Å². The minimum Gasteiger partial charge on any atom is -0.454 e. The van der Waals surface area contributed by atoms with Crippen LogP contribution < -0.4 is 20.1 Å². The van der Waals surface area contributed by atoms with Gasteiger partial charge in [-0.3, -0.25) is 14.4 Å². The van der Waals surface area contributed by atoms with Crippen LogP contribution in [0.2, 0.25) is 0 Å². The number of Topliss-reactive ketones (excluding diaryl/α,β-unsaturated/α-hetero) is 1. The van der Waals surface area contributed by atoms with Crippen LogP contribution in [-0.2, 0) is 6.54 Å². The van der Waals surface area contributed by atoms with Crippen molar-refractivity contribution in [3.8, 4) is 11.5 Å². The Kier molecular flexibility index (Phi) is 5.49. The third-order valence-corrected chi connectivity index (χ3v) is 5.67. The molecule has 1 aromatic heterocycles. The largest absolute Gasteiger partial charge is 0.454 e. The second kappa shape index (κ2) is 8.38. The molecule has 7 nitrogen and oxygen atoms in total. The highest BCUT2D eigenvalue weighted by molar-refractivity contribution is 7.16. The lowest BCUT2D eigenvalue weighted by molar-refractivity contribution is 0.0950. The summed E-state index contributed by atoms with van der Waals surface area (Å²) < 4.78 is 10.6. The molecule has 8 heteroatoms. The summed E-state index contributed by atoms with van der Waals surface area (Å²) in [6, 6.07) is 15.4. The van der Waals surface area contributed by atoms with E-state index in [1.807, 2.05) is 12.1 Å². The Morgan fingerprint density at radius 1 is 0.933 bits per heavy atom. The second-order valence-corrected chi connectivity index (χ2v) is 7.67. The average molecular weight is 422 g/mol. The molecule has 0 saturated carbocycles. The third kappa shape index (κ3) is 4.18. The van der Waals surface area contributed by atoms with Crippen molar-refractivity contribution in [3.05, 3.63) is 75.5 Å². The van der Waals surface area contributed by atoms with Crippen LogP contribution in [0.3, 0.4) is 0 Å². The molecule has 2 N–H and O–H groups in total. The van der Waals surface area contributed by atoms with Gasteiger partial charge in [-0.15, -0.1) is 11.3 Å². The van der Waals surface area contributed by atoms with Crippen molar-refractivity contribution >= 4 is 34.6 Å². The molecular formula is C22H18N2O5S. The van der Waals surface area contributed by atoms with Gasteiger partial charge in [-0.05, 0) is 48.9 Å². The fourth-order valence-electron chi connectivity index (χ4n) is 2.95. The molecule has 1 aliphatic heterocycles. The maximum absolute atomic E-state index is 12.7. The quantitative estimate of drug-likeness (QED) is 0.589. The monoisotopic (exact) mass is 422 g/mol. The van der Waals surface area contributed by atoms with E-state index in [-0.39, 0.29) is 24.4 Å². The zero-order chi connectivity index (χ0) is 21.1. The summed E-state index contributed by atoms with van der Waals surface area (Å²) in [6.07, 6.45) is 0. The summed E-state index contributed by atoms with van der Waals surface area (Å²) in [5, 5.41) is 5.61. The number of benzene rings is 2. The lowest BCUT2D eigenvalue weighted by atomic mass is 10.1. The van der Waals surface area contributed by atoms with E-state index in [9.17, 15) is 14.4 Å². The molecule has 1 aliphatic rings. The molecule has 0 atom stereocenters. The van der Waals surface area contributed by atoms with Crippen molar-refractivity contribution in [2.24, 2.45) is 0 Å². The van der Waals surface area contributed by atoms with E-state index in [1.165, 1.54) is 6.92 Å². The lowest BCUT2D eigenvalue weighted by Gasteiger charge is -2.11. The van der Waals surface area contributed by atoms with E-state index in [0.29, 0.717) is 39.0 Å². The van der Waals surface area contributed by atoms with Crippen LogP contribution in [0.4, 0.5) is 5.69 Å². The molecule has 2 amide bonds. The number of ketones is 1. The van der Waals surface area contributed by atoms with Crippen molar-refractivity contribution < 1.29 is 23.9 Å². The van der Waals surface area contributed by atoms with Gasteiger partial charge >= 0.3 is 0 Å².